The van der Waals surface area contributed by atoms with Gasteiger partial charge in [-0.1, -0.05) is 24.0 Å². The van der Waals surface area contributed by atoms with Crippen molar-refractivity contribution in [1.82, 2.24) is 25.8 Å². The number of nitrogens with zero attached hydrogens (tertiary/aromatic N) is 4. The summed E-state index contributed by atoms with van der Waals surface area (Å²) >= 11 is 0. The second-order valence-corrected chi connectivity index (χ2v) is 17.5. The van der Waals surface area contributed by atoms with E-state index in [0.29, 0.717) is 35.0 Å². The van der Waals surface area contributed by atoms with E-state index in [4.69, 9.17) is 15.5 Å². The van der Waals surface area contributed by atoms with Crippen molar-refractivity contribution in [3.05, 3.63) is 100 Å². The Bertz CT molecular complexity index is 2280. The number of anilines is 1. The van der Waals surface area contributed by atoms with Crippen molar-refractivity contribution in [1.29, 1.82) is 0 Å². The maximum absolute atomic E-state index is 15.1. The van der Waals surface area contributed by atoms with Crippen LogP contribution in [0.2, 0.25) is 0 Å². The number of aromatic nitrogens is 1. The molecule has 3 saturated heterocycles. The molecule has 0 aliphatic carbocycles. The van der Waals surface area contributed by atoms with Gasteiger partial charge in [-0.25, -0.2) is 23.6 Å². The van der Waals surface area contributed by atoms with Crippen molar-refractivity contribution >= 4 is 29.7 Å². The van der Waals surface area contributed by atoms with E-state index >= 15 is 8.78 Å². The number of halogens is 7. The highest BCUT2D eigenvalue weighted by molar-refractivity contribution is 5.87. The first-order valence-corrected chi connectivity index (χ1v) is 21.2. The first kappa shape index (κ1) is 49.7. The summed E-state index contributed by atoms with van der Waals surface area (Å²) in [6, 6.07) is 9.68. The Balaban J connectivity index is 1.14. The molecule has 6 rings (SSSR count). The largest absolute Gasteiger partial charge is 0.453 e. The predicted octanol–water partition coefficient (Wildman–Crippen LogP) is 5.29. The molecule has 2 amide bonds. The average Bonchev–Trinajstić information content (AvgIpc) is 3.53. The van der Waals surface area contributed by atoms with Gasteiger partial charge in [0.05, 0.1) is 43.4 Å². The molecule has 3 fully saturated rings. The van der Waals surface area contributed by atoms with Crippen molar-refractivity contribution in [2.75, 3.05) is 44.9 Å². The van der Waals surface area contributed by atoms with E-state index in [0.717, 1.165) is 84.1 Å². The van der Waals surface area contributed by atoms with Crippen LogP contribution in [-0.4, -0.2) is 122 Å². The molecule has 356 valence electrons. The van der Waals surface area contributed by atoms with Gasteiger partial charge in [-0.2, -0.15) is 22.0 Å². The number of benzene rings is 2. The van der Waals surface area contributed by atoms with Gasteiger partial charge < -0.3 is 41.2 Å². The number of amides is 2. The Hall–Kier alpha value is -5.75. The maximum Gasteiger partial charge on any atom is 0.407 e. The molecule has 1 aromatic heterocycles. The van der Waals surface area contributed by atoms with Gasteiger partial charge in [0.25, 0.3) is 0 Å². The normalized spacial score (nSPS) is 20.0. The van der Waals surface area contributed by atoms with Gasteiger partial charge in [0, 0.05) is 78.6 Å². The molecule has 0 saturated carbocycles. The fraction of sp³-hybridized carbons (Fsp3) is 0.478. The summed E-state index contributed by atoms with van der Waals surface area (Å²) in [7, 11) is 0.916. The van der Waals surface area contributed by atoms with Crippen LogP contribution < -0.4 is 26.6 Å². The molecule has 2 aromatic carbocycles. The Labute approximate surface area is 378 Å². The highest BCUT2D eigenvalue weighted by Crippen LogP contribution is 2.41. The van der Waals surface area contributed by atoms with E-state index in [1.165, 1.54) is 0 Å². The van der Waals surface area contributed by atoms with Gasteiger partial charge in [-0.05, 0) is 88.1 Å². The molecular weight excluding hydrogens is 878 g/mol. The van der Waals surface area contributed by atoms with Crippen molar-refractivity contribution in [2.24, 2.45) is 16.1 Å². The number of ether oxygens (including phenoxy) is 2. The lowest BCUT2D eigenvalue weighted by Gasteiger charge is -2.54. The molecule has 5 atom stereocenters. The molecule has 2 unspecified atom stereocenters. The number of aliphatic hydroxyl groups excluding tert-OH is 1. The molecule has 3 aromatic rings. The summed E-state index contributed by atoms with van der Waals surface area (Å²) in [6.45, 7) is 3.08. The van der Waals surface area contributed by atoms with E-state index in [1.807, 2.05) is 17.4 Å². The van der Waals surface area contributed by atoms with Gasteiger partial charge in [-0.3, -0.25) is 9.69 Å². The number of piperazine rings is 1. The van der Waals surface area contributed by atoms with Crippen molar-refractivity contribution in [3.63, 3.8) is 0 Å². The molecule has 3 aliphatic rings. The SMILES string of the molecule is COC(=O)N[C@H](C(=O)N[C@@H](Cc1ccc(C#Cc2ccc(N3CC4CCC(C3)N4C3(C)COC3)nc2)cc1)[C@@H](O)CNCc1c(F)cc(C(N)=CC=NC(F)F)cc1F)C(C)(C)C(F)(F)F. The second-order valence-electron chi connectivity index (χ2n) is 17.5. The monoisotopic (exact) mass is 930 g/mol. The van der Waals surface area contributed by atoms with Crippen molar-refractivity contribution < 1.29 is 54.9 Å². The zero-order valence-electron chi connectivity index (χ0n) is 36.8. The summed E-state index contributed by atoms with van der Waals surface area (Å²) in [5.74, 6) is 3.66. The van der Waals surface area contributed by atoms with Crippen LogP contribution in [-0.2, 0) is 27.2 Å². The van der Waals surface area contributed by atoms with Crippen LogP contribution in [0.4, 0.5) is 41.3 Å². The number of fused-ring (bicyclic) bond motifs is 2. The summed E-state index contributed by atoms with van der Waals surface area (Å²) < 4.78 is 107. The second kappa shape index (κ2) is 20.8. The molecule has 66 heavy (non-hydrogen) atoms. The first-order valence-electron chi connectivity index (χ1n) is 21.2. The fourth-order valence-electron chi connectivity index (χ4n) is 8.46. The summed E-state index contributed by atoms with van der Waals surface area (Å²) in [4.78, 5) is 38.3. The smallest absolute Gasteiger partial charge is 0.407 e. The molecule has 13 nitrogen and oxygen atoms in total. The number of nitrogens with two attached hydrogens (primary N) is 1. The molecule has 0 spiro atoms. The first-order chi connectivity index (χ1) is 31.2. The lowest BCUT2D eigenvalue weighted by atomic mass is 9.82. The van der Waals surface area contributed by atoms with Crippen molar-refractivity contribution in [2.45, 2.75) is 95.1 Å². The fourth-order valence-corrected chi connectivity index (χ4v) is 8.46. The van der Waals surface area contributed by atoms with Gasteiger partial charge in [0.15, 0.2) is 0 Å². The minimum atomic E-state index is -4.98. The standard InChI is InChI=1S/C46H53F7N8O5/c1-44(2,46(51,52)53)40(59-43(64)65-4)41(63)58-37(38(62)22-55-21-33-34(47)18-30(19-35(33)48)36(54)15-16-56-42(49)50)17-28-8-5-27(6-9-28)7-10-29-11-14-39(57-20-29)60-23-31-12-13-32(24-60)61(31)45(3)25-66-26-45/h5-6,8-9,11,14-16,18-20,31-32,37-38,40,42,55,62H,12-13,17,21-26,54H2,1-4H3,(H,58,63)(H,59,64)/t31?,32?,37-,38-,40+/m0/s1. The number of hydrogen-bond donors (Lipinski definition) is 5. The zero-order chi connectivity index (χ0) is 48.0. The molecule has 4 heterocycles. The van der Waals surface area contributed by atoms with E-state index in [-0.39, 0.29) is 23.2 Å². The third kappa shape index (κ3) is 11.8. The third-order valence-corrected chi connectivity index (χ3v) is 12.3. The van der Waals surface area contributed by atoms with E-state index in [2.05, 4.69) is 48.9 Å². The maximum atomic E-state index is 15.1. The van der Waals surface area contributed by atoms with Gasteiger partial charge in [0.2, 0.25) is 5.91 Å². The Morgan fingerprint density at radius 1 is 1.03 bits per heavy atom. The van der Waals surface area contributed by atoms with Gasteiger partial charge in [0.1, 0.15) is 23.5 Å². The number of hydrogen-bond acceptors (Lipinski definition) is 11. The predicted molar refractivity (Wildman–Crippen MR) is 232 cm³/mol. The van der Waals surface area contributed by atoms with Crippen LogP contribution >= 0.6 is 0 Å². The Morgan fingerprint density at radius 2 is 1.65 bits per heavy atom. The number of alkyl halides is 5. The van der Waals surface area contributed by atoms with Crippen LogP contribution in [0.25, 0.3) is 5.70 Å². The zero-order valence-corrected chi connectivity index (χ0v) is 36.8. The number of aliphatic hydroxyl groups is 1. The number of aliphatic imine (C=N–C) groups is 1. The van der Waals surface area contributed by atoms with Crippen molar-refractivity contribution in [3.8, 4) is 11.8 Å². The molecule has 2 bridgehead atoms. The summed E-state index contributed by atoms with van der Waals surface area (Å²) in [5.41, 5.74) is 3.97. The number of pyridine rings is 1. The van der Waals surface area contributed by atoms with Gasteiger partial charge >= 0.3 is 18.8 Å². The number of alkyl carbamates (subject to hydrolysis) is 1. The van der Waals surface area contributed by atoms with Crippen LogP contribution in [0.1, 0.15) is 61.4 Å². The van der Waals surface area contributed by atoms with Crippen LogP contribution in [0, 0.1) is 28.9 Å². The summed E-state index contributed by atoms with van der Waals surface area (Å²) in [5, 5.41) is 18.4. The molecule has 6 N–H and O–H groups in total. The quantitative estimate of drug-likeness (QED) is 0.0552. The number of allylic oxidation sites excluding steroid dienone is 1. The number of methoxy groups -OCH3 is 1. The highest BCUT2D eigenvalue weighted by atomic mass is 19.4. The lowest BCUT2D eigenvalue weighted by molar-refractivity contribution is -0.220. The van der Waals surface area contributed by atoms with Gasteiger partial charge in [-0.15, -0.1) is 0 Å². The van der Waals surface area contributed by atoms with E-state index in [9.17, 15) is 36.6 Å². The molecule has 20 heteroatoms. The van der Waals surface area contributed by atoms with E-state index < -0.39 is 78.6 Å². The topological polar surface area (TPSA) is 167 Å². The van der Waals surface area contributed by atoms with Crippen LogP contribution in [0.5, 0.6) is 0 Å². The molecular formula is C46H53F7N8O5. The number of carbonyl (C=O) groups excluding carboxylic acids is 2. The number of nitrogens with one attached hydrogen (secondary N) is 3. The Morgan fingerprint density at radius 3 is 2.20 bits per heavy atom. The number of carbonyl (C=O) groups is 2. The molecule has 0 radical (unpaired) electrons. The minimum absolute atomic E-state index is 0.102. The Kier molecular flexibility index (Phi) is 15.7. The summed E-state index contributed by atoms with van der Waals surface area (Å²) in [6.07, 6.45) is -2.36. The van der Waals surface area contributed by atoms with E-state index in [1.54, 1.807) is 30.5 Å². The third-order valence-electron chi connectivity index (χ3n) is 12.3. The lowest BCUT2D eigenvalue weighted by Crippen LogP contribution is -2.68. The van der Waals surface area contributed by atoms with Crippen LogP contribution in [0.3, 0.4) is 0 Å². The number of rotatable bonds is 16. The minimum Gasteiger partial charge on any atom is -0.453 e. The van der Waals surface area contributed by atoms with Crippen LogP contribution in [0.15, 0.2) is 65.8 Å². The molecule has 3 aliphatic heterocycles. The average molecular weight is 931 g/mol. The highest BCUT2D eigenvalue weighted by Gasteiger charge is 2.56.